The molecule has 1 unspecified atom stereocenters. The maximum absolute atomic E-state index is 14.0. The van der Waals surface area contributed by atoms with Crippen molar-refractivity contribution in [2.24, 2.45) is 5.73 Å². The van der Waals surface area contributed by atoms with Crippen LogP contribution in [0.3, 0.4) is 0 Å². The molecule has 0 spiro atoms. The van der Waals surface area contributed by atoms with E-state index < -0.39 is 11.6 Å². The molecule has 2 N–H and O–H groups in total. The van der Waals surface area contributed by atoms with Crippen molar-refractivity contribution in [3.05, 3.63) is 15.6 Å². The van der Waals surface area contributed by atoms with E-state index in [1.54, 1.807) is 11.3 Å². The summed E-state index contributed by atoms with van der Waals surface area (Å²) < 4.78 is 14.0. The van der Waals surface area contributed by atoms with E-state index in [0.29, 0.717) is 13.1 Å². The number of primary amides is 1. The first-order valence-corrected chi connectivity index (χ1v) is 6.36. The molecular weight excluding hydrogens is 241 g/mol. The lowest BCUT2D eigenvalue weighted by molar-refractivity contribution is -0.128. The van der Waals surface area contributed by atoms with Crippen molar-refractivity contribution < 1.29 is 9.18 Å². The third kappa shape index (κ3) is 2.47. The van der Waals surface area contributed by atoms with Gasteiger partial charge in [0.15, 0.2) is 0 Å². The Morgan fingerprint density at radius 2 is 2.35 bits per heavy atom. The topological polar surface area (TPSA) is 59.2 Å². The third-order valence-corrected chi connectivity index (χ3v) is 4.16. The number of hydrogen-bond acceptors (Lipinski definition) is 4. The molecule has 2 rings (SSSR count). The summed E-state index contributed by atoms with van der Waals surface area (Å²) in [5, 5.41) is 1.01. The quantitative estimate of drug-likeness (QED) is 0.884. The second-order valence-corrected chi connectivity index (χ2v) is 5.82. The number of alkyl halides is 1. The van der Waals surface area contributed by atoms with Crippen LogP contribution < -0.4 is 5.73 Å². The molecular formula is C11H16FN3OS. The number of carbonyl (C=O) groups is 1. The maximum Gasteiger partial charge on any atom is 0.256 e. The highest BCUT2D eigenvalue weighted by Gasteiger charge is 2.43. The van der Waals surface area contributed by atoms with Gasteiger partial charge in [-0.05, 0) is 13.8 Å². The smallest absolute Gasteiger partial charge is 0.256 e. The second-order valence-electron chi connectivity index (χ2n) is 4.53. The Balaban J connectivity index is 2.03. The van der Waals surface area contributed by atoms with Gasteiger partial charge in [0.2, 0.25) is 5.67 Å². The van der Waals surface area contributed by atoms with E-state index in [0.717, 1.165) is 15.6 Å². The Hall–Kier alpha value is -1.01. The van der Waals surface area contributed by atoms with Crippen LogP contribution in [-0.4, -0.2) is 34.5 Å². The molecule has 0 saturated carbocycles. The van der Waals surface area contributed by atoms with Gasteiger partial charge in [0.1, 0.15) is 0 Å². The molecule has 1 atom stereocenters. The normalized spacial score (nSPS) is 25.4. The Labute approximate surface area is 104 Å². The summed E-state index contributed by atoms with van der Waals surface area (Å²) in [6.45, 7) is 5.21. The van der Waals surface area contributed by atoms with Gasteiger partial charge >= 0.3 is 0 Å². The molecule has 0 radical (unpaired) electrons. The van der Waals surface area contributed by atoms with Crippen molar-refractivity contribution in [3.8, 4) is 0 Å². The average Bonchev–Trinajstić information content (AvgIpc) is 2.73. The number of nitrogens with two attached hydrogens (primary N) is 1. The van der Waals surface area contributed by atoms with Crippen LogP contribution in [0.15, 0.2) is 0 Å². The molecule has 1 aliphatic heterocycles. The van der Waals surface area contributed by atoms with Crippen LogP contribution in [0.5, 0.6) is 0 Å². The zero-order valence-corrected chi connectivity index (χ0v) is 10.8. The minimum absolute atomic E-state index is 0.0960. The molecule has 1 amide bonds. The molecule has 1 aromatic heterocycles. The molecule has 0 aliphatic carbocycles. The summed E-state index contributed by atoms with van der Waals surface area (Å²) in [6.07, 6.45) is 0.194. The van der Waals surface area contributed by atoms with Crippen LogP contribution in [0.2, 0.25) is 0 Å². The monoisotopic (exact) mass is 257 g/mol. The molecule has 2 heterocycles. The molecule has 1 saturated heterocycles. The fourth-order valence-electron chi connectivity index (χ4n) is 2.11. The standard InChI is InChI=1S/C11H16FN3OS/c1-7-9(17-8(2)14-7)5-15-4-3-11(12,6-15)10(13)16/h3-6H2,1-2H3,(H2,13,16). The number of carbonyl (C=O) groups excluding carboxylic acids is 1. The van der Waals surface area contributed by atoms with Crippen LogP contribution in [0.1, 0.15) is 22.0 Å². The number of likely N-dealkylation sites (tertiary alicyclic amines) is 1. The van der Waals surface area contributed by atoms with Gasteiger partial charge in [-0.2, -0.15) is 0 Å². The van der Waals surface area contributed by atoms with E-state index in [1.165, 1.54) is 0 Å². The van der Waals surface area contributed by atoms with Crippen LogP contribution in [0.25, 0.3) is 0 Å². The summed E-state index contributed by atoms with van der Waals surface area (Å²) in [7, 11) is 0. The lowest BCUT2D eigenvalue weighted by Gasteiger charge is -2.17. The number of halogens is 1. The van der Waals surface area contributed by atoms with Gasteiger partial charge in [-0.1, -0.05) is 0 Å². The Morgan fingerprint density at radius 1 is 1.65 bits per heavy atom. The largest absolute Gasteiger partial charge is 0.367 e. The Bertz CT molecular complexity index is 448. The third-order valence-electron chi connectivity index (χ3n) is 3.11. The number of rotatable bonds is 3. The lowest BCUT2D eigenvalue weighted by atomic mass is 10.1. The number of thiazole rings is 1. The molecule has 6 heteroatoms. The number of hydrogen-bond donors (Lipinski definition) is 1. The predicted octanol–water partition coefficient (Wildman–Crippen LogP) is 1.16. The van der Waals surface area contributed by atoms with Gasteiger partial charge < -0.3 is 5.73 Å². The van der Waals surface area contributed by atoms with E-state index in [2.05, 4.69) is 4.98 Å². The van der Waals surface area contributed by atoms with Crippen molar-refractivity contribution in [2.75, 3.05) is 13.1 Å². The molecule has 1 aliphatic rings. The second kappa shape index (κ2) is 4.34. The van der Waals surface area contributed by atoms with Gasteiger partial charge in [-0.25, -0.2) is 9.37 Å². The molecule has 0 bridgehead atoms. The maximum atomic E-state index is 14.0. The lowest BCUT2D eigenvalue weighted by Crippen LogP contribution is -2.42. The van der Waals surface area contributed by atoms with Crippen molar-refractivity contribution >= 4 is 17.2 Å². The van der Waals surface area contributed by atoms with Crippen molar-refractivity contribution in [1.82, 2.24) is 9.88 Å². The van der Waals surface area contributed by atoms with Crippen LogP contribution in [0.4, 0.5) is 4.39 Å². The summed E-state index contributed by atoms with van der Waals surface area (Å²) in [5.74, 6) is -0.850. The first-order valence-electron chi connectivity index (χ1n) is 5.55. The van der Waals surface area contributed by atoms with Gasteiger partial charge in [-0.15, -0.1) is 11.3 Å². The fourth-order valence-corrected chi connectivity index (χ4v) is 3.09. The highest BCUT2D eigenvalue weighted by atomic mass is 32.1. The van der Waals surface area contributed by atoms with E-state index in [9.17, 15) is 9.18 Å². The highest BCUT2D eigenvalue weighted by molar-refractivity contribution is 7.11. The number of aryl methyl sites for hydroxylation is 2. The molecule has 94 valence electrons. The minimum Gasteiger partial charge on any atom is -0.367 e. The Kier molecular flexibility index (Phi) is 3.18. The molecule has 17 heavy (non-hydrogen) atoms. The highest BCUT2D eigenvalue weighted by Crippen LogP contribution is 2.28. The first kappa shape index (κ1) is 12.4. The van der Waals surface area contributed by atoms with Gasteiger partial charge in [0.05, 0.1) is 10.7 Å². The van der Waals surface area contributed by atoms with Crippen LogP contribution in [0, 0.1) is 13.8 Å². The molecule has 0 aromatic carbocycles. The summed E-state index contributed by atoms with van der Waals surface area (Å²) in [5.41, 5.74) is 4.21. The number of amides is 1. The van der Waals surface area contributed by atoms with E-state index in [1.807, 2.05) is 18.7 Å². The molecule has 1 fully saturated rings. The SMILES string of the molecule is Cc1nc(C)c(CN2CCC(F)(C(N)=O)C2)s1. The van der Waals surface area contributed by atoms with Crippen molar-refractivity contribution in [2.45, 2.75) is 32.5 Å². The average molecular weight is 257 g/mol. The first-order chi connectivity index (χ1) is 7.90. The van der Waals surface area contributed by atoms with Gasteiger partial charge in [-0.3, -0.25) is 9.69 Å². The summed E-state index contributed by atoms with van der Waals surface area (Å²) in [6, 6.07) is 0. The Morgan fingerprint density at radius 3 is 2.82 bits per heavy atom. The van der Waals surface area contributed by atoms with E-state index in [-0.39, 0.29) is 13.0 Å². The fraction of sp³-hybridized carbons (Fsp3) is 0.636. The summed E-state index contributed by atoms with van der Waals surface area (Å²) >= 11 is 1.62. The minimum atomic E-state index is -1.85. The van der Waals surface area contributed by atoms with Crippen molar-refractivity contribution in [1.29, 1.82) is 0 Å². The van der Waals surface area contributed by atoms with Gasteiger partial charge in [0, 0.05) is 30.9 Å². The number of aromatic nitrogens is 1. The number of nitrogens with zero attached hydrogens (tertiary/aromatic N) is 2. The molecule has 1 aromatic rings. The van der Waals surface area contributed by atoms with E-state index >= 15 is 0 Å². The summed E-state index contributed by atoms with van der Waals surface area (Å²) in [4.78, 5) is 18.4. The van der Waals surface area contributed by atoms with Gasteiger partial charge in [0.25, 0.3) is 5.91 Å². The molecule has 4 nitrogen and oxygen atoms in total. The van der Waals surface area contributed by atoms with E-state index in [4.69, 9.17) is 5.73 Å². The predicted molar refractivity (Wildman–Crippen MR) is 64.5 cm³/mol. The van der Waals surface area contributed by atoms with Crippen molar-refractivity contribution in [3.63, 3.8) is 0 Å². The zero-order valence-electron chi connectivity index (χ0n) is 9.99. The van der Waals surface area contributed by atoms with Crippen LogP contribution >= 0.6 is 11.3 Å². The van der Waals surface area contributed by atoms with Crippen LogP contribution in [-0.2, 0) is 11.3 Å². The zero-order chi connectivity index (χ0) is 12.6.